The maximum absolute atomic E-state index is 13.7. The van der Waals surface area contributed by atoms with Gasteiger partial charge in [-0.25, -0.2) is 4.98 Å². The van der Waals surface area contributed by atoms with E-state index in [4.69, 9.17) is 28.3 Å². The molecule has 1 fully saturated rings. The number of carbonyl (C=O) groups is 4. The van der Waals surface area contributed by atoms with E-state index in [9.17, 15) is 34.2 Å². The molecule has 7 aromatic rings. The number of piperidine rings is 1. The predicted octanol–water partition coefficient (Wildman–Crippen LogP) is 7.02. The van der Waals surface area contributed by atoms with Crippen molar-refractivity contribution in [2.24, 2.45) is 7.05 Å². The molecule has 0 spiro atoms. The Bertz CT molecular complexity index is 3360. The summed E-state index contributed by atoms with van der Waals surface area (Å²) in [7, 11) is 1.78. The van der Waals surface area contributed by atoms with E-state index in [1.165, 1.54) is 10.9 Å². The van der Waals surface area contributed by atoms with Gasteiger partial charge in [0.25, 0.3) is 5.56 Å². The molecule has 6 N–H and O–H groups in total. The van der Waals surface area contributed by atoms with Crippen molar-refractivity contribution in [1.29, 1.82) is 0 Å². The molecule has 1 atom stereocenters. The molecule has 424 valence electrons. The van der Waals surface area contributed by atoms with Crippen molar-refractivity contribution in [3.63, 3.8) is 0 Å². The third kappa shape index (κ3) is 14.0. The first kappa shape index (κ1) is 57.8. The van der Waals surface area contributed by atoms with E-state index < -0.39 is 12.2 Å². The quantitative estimate of drug-likeness (QED) is 0.0318. The molecule has 9 rings (SSSR count). The van der Waals surface area contributed by atoms with Gasteiger partial charge in [0.05, 0.1) is 58.5 Å². The van der Waals surface area contributed by atoms with E-state index in [0.717, 1.165) is 83.8 Å². The Labute approximate surface area is 475 Å². The van der Waals surface area contributed by atoms with Crippen LogP contribution in [0, 0.1) is 0 Å². The standard InChI is InChI=1S/C59H72Cl2N12O7/c1-39(41-13-9-8-10-14-41)31-50(77)70-28-22-59(80,23-29-70)37-72-38-65-55-56(58(72)79)68-69(2)57(55)42-18-16-40(17-19-42)33-62-34-49(76)63-24-12-7-5-3-4-6-11-15-48(75)64-25-30-73-27-21-47(67-73)43-32-45(60)53(61)54-52(43)44-35-71(51(78)36-74)26-20-46(44)66-54/h8-10,13-14,16-19,21,27,32,38-39,62,66,74,80H,3-7,11-12,15,20,22-26,28-31,33-37H2,1-2H3,(H,63,76)(H,64,75)/t39-/m1/s1. The lowest BCUT2D eigenvalue weighted by Crippen LogP contribution is -2.49. The first-order valence-electron chi connectivity index (χ1n) is 27.9. The highest BCUT2D eigenvalue weighted by Crippen LogP contribution is 2.42. The number of hydrogen-bond acceptors (Lipinski definition) is 11. The number of aromatic amines is 1. The van der Waals surface area contributed by atoms with Crippen LogP contribution < -0.4 is 21.5 Å². The molecule has 2 aliphatic rings. The molecule has 2 aliphatic heterocycles. The summed E-state index contributed by atoms with van der Waals surface area (Å²) in [5.41, 5.74) is 6.95. The second kappa shape index (κ2) is 26.6. The van der Waals surface area contributed by atoms with E-state index in [-0.39, 0.29) is 53.7 Å². The molecule has 4 amide bonds. The van der Waals surface area contributed by atoms with Crippen LogP contribution in [0.1, 0.15) is 106 Å². The third-order valence-corrected chi connectivity index (χ3v) is 16.4. The van der Waals surface area contributed by atoms with Gasteiger partial charge in [-0.15, -0.1) is 0 Å². The van der Waals surface area contributed by atoms with Crippen LogP contribution in [-0.2, 0) is 58.8 Å². The number of nitrogens with zero attached hydrogens (tertiary/aromatic N) is 8. The van der Waals surface area contributed by atoms with E-state index in [1.807, 2.05) is 78.7 Å². The lowest BCUT2D eigenvalue weighted by Gasteiger charge is -2.38. The number of aliphatic hydroxyl groups is 2. The molecule has 4 aromatic heterocycles. The van der Waals surface area contributed by atoms with Gasteiger partial charge in [0, 0.05) is 106 Å². The molecule has 21 heteroatoms. The number of halogens is 2. The van der Waals surface area contributed by atoms with Crippen LogP contribution in [0.4, 0.5) is 0 Å². The molecule has 19 nitrogen and oxygen atoms in total. The van der Waals surface area contributed by atoms with Crippen molar-refractivity contribution >= 4 is 68.8 Å². The lowest BCUT2D eigenvalue weighted by molar-refractivity contribution is -0.136. The summed E-state index contributed by atoms with van der Waals surface area (Å²) in [5.74, 6) is -0.215. The fourth-order valence-electron chi connectivity index (χ4n) is 11.0. The van der Waals surface area contributed by atoms with Crippen LogP contribution >= 0.6 is 23.2 Å². The second-order valence-electron chi connectivity index (χ2n) is 21.4. The van der Waals surface area contributed by atoms with Crippen LogP contribution in [-0.4, -0.2) is 129 Å². The van der Waals surface area contributed by atoms with Crippen LogP contribution in [0.25, 0.3) is 44.5 Å². The van der Waals surface area contributed by atoms with Crippen molar-refractivity contribution < 1.29 is 29.4 Å². The van der Waals surface area contributed by atoms with Gasteiger partial charge in [0.15, 0.2) is 5.52 Å². The van der Waals surface area contributed by atoms with Crippen molar-refractivity contribution in [2.45, 2.75) is 122 Å². The Morgan fingerprint density at radius 2 is 1.56 bits per heavy atom. The summed E-state index contributed by atoms with van der Waals surface area (Å²) >= 11 is 13.2. The zero-order valence-electron chi connectivity index (χ0n) is 45.6. The van der Waals surface area contributed by atoms with Gasteiger partial charge in [0.1, 0.15) is 12.1 Å². The van der Waals surface area contributed by atoms with Crippen LogP contribution in [0.2, 0.25) is 10.0 Å². The normalized spacial score (nSPS) is 14.6. The first-order valence-corrected chi connectivity index (χ1v) is 28.7. The highest BCUT2D eigenvalue weighted by atomic mass is 35.5. The van der Waals surface area contributed by atoms with Crippen LogP contribution in [0.15, 0.2) is 84.0 Å². The summed E-state index contributed by atoms with van der Waals surface area (Å²) in [6.45, 7) is 5.47. The van der Waals surface area contributed by atoms with Crippen molar-refractivity contribution in [3.8, 4) is 22.5 Å². The molecule has 6 heterocycles. The fourth-order valence-corrected chi connectivity index (χ4v) is 11.4. The van der Waals surface area contributed by atoms with Gasteiger partial charge in [0.2, 0.25) is 23.6 Å². The molecule has 0 saturated carbocycles. The Morgan fingerprint density at radius 1 is 0.838 bits per heavy atom. The minimum absolute atomic E-state index is 0.0125. The highest BCUT2D eigenvalue weighted by molar-refractivity contribution is 6.45. The summed E-state index contributed by atoms with van der Waals surface area (Å²) in [4.78, 5) is 75.8. The molecule has 0 unspecified atom stereocenters. The Hall–Kier alpha value is -6.90. The number of nitrogens with one attached hydrogen (secondary N) is 4. The molecule has 0 aliphatic carbocycles. The molecular formula is C59H72Cl2N12O7. The maximum atomic E-state index is 13.7. The topological polar surface area (TPSA) is 238 Å². The average molecular weight is 1130 g/mol. The third-order valence-electron chi connectivity index (χ3n) is 15.6. The summed E-state index contributed by atoms with van der Waals surface area (Å²) in [6, 6.07) is 21.5. The molecule has 0 radical (unpaired) electrons. The number of aliphatic hydroxyl groups excluding tert-OH is 1. The van der Waals surface area contributed by atoms with Gasteiger partial charge >= 0.3 is 0 Å². The number of hydrogen-bond donors (Lipinski definition) is 6. The number of likely N-dealkylation sites (tertiary alicyclic amines) is 1. The number of fused-ring (bicyclic) bond motifs is 4. The number of unbranched alkanes of at least 4 members (excludes halogenated alkanes) is 6. The van der Waals surface area contributed by atoms with Crippen LogP contribution in [0.5, 0.6) is 0 Å². The number of aromatic nitrogens is 7. The number of H-pyrrole nitrogens is 1. The largest absolute Gasteiger partial charge is 0.388 e. The van der Waals surface area contributed by atoms with Gasteiger partial charge in [-0.2, -0.15) is 10.2 Å². The number of benzene rings is 3. The summed E-state index contributed by atoms with van der Waals surface area (Å²) < 4.78 is 4.86. The molecule has 80 heavy (non-hydrogen) atoms. The predicted molar refractivity (Wildman–Crippen MR) is 309 cm³/mol. The minimum atomic E-state index is -1.16. The Balaban J connectivity index is 0.615. The number of aryl methyl sites for hydroxylation is 1. The monoisotopic (exact) mass is 1130 g/mol. The number of amides is 4. The molecule has 1 saturated heterocycles. The summed E-state index contributed by atoms with van der Waals surface area (Å²) in [5, 5.41) is 41.2. The zero-order chi connectivity index (χ0) is 56.3. The average Bonchev–Trinajstić information content (AvgIpc) is 4.40. The summed E-state index contributed by atoms with van der Waals surface area (Å²) in [6.07, 6.45) is 12.4. The van der Waals surface area contributed by atoms with Crippen molar-refractivity contribution in [1.82, 2.24) is 59.8 Å². The van der Waals surface area contributed by atoms with E-state index >= 15 is 0 Å². The number of rotatable bonds is 25. The van der Waals surface area contributed by atoms with Gasteiger partial charge in [-0.3, -0.25) is 37.9 Å². The lowest BCUT2D eigenvalue weighted by atomic mass is 9.90. The minimum Gasteiger partial charge on any atom is -0.388 e. The SMILES string of the molecule is C[C@H](CC(=O)N1CCC(O)(Cn2cnc3c(-c4ccc(CNCC(=O)NCCCCCCCCCC(=O)NCCn5ccc(-c6cc(Cl)c(Cl)c7[nH]c8c(c67)CN(C(=O)CO)CC8)n5)cc4)n(C)nc3c2=O)CC1)c1ccccc1. The van der Waals surface area contributed by atoms with Gasteiger partial charge < -0.3 is 40.9 Å². The van der Waals surface area contributed by atoms with Crippen molar-refractivity contribution in [2.75, 3.05) is 45.9 Å². The van der Waals surface area contributed by atoms with Gasteiger partial charge in [-0.1, -0.05) is 117 Å². The maximum Gasteiger partial charge on any atom is 0.281 e. The van der Waals surface area contributed by atoms with Gasteiger partial charge in [-0.05, 0) is 54.9 Å². The fraction of sp³-hybridized carbons (Fsp3) is 0.458. The van der Waals surface area contributed by atoms with E-state index in [2.05, 4.69) is 31.0 Å². The van der Waals surface area contributed by atoms with Crippen molar-refractivity contribution in [3.05, 3.63) is 122 Å². The Kier molecular flexibility index (Phi) is 19.2. The molecular weight excluding hydrogens is 1060 g/mol. The zero-order valence-corrected chi connectivity index (χ0v) is 47.1. The second-order valence-corrected chi connectivity index (χ2v) is 22.2. The number of carbonyl (C=O) groups excluding carboxylic acids is 4. The molecule has 3 aromatic carbocycles. The molecule has 0 bridgehead atoms. The van der Waals surface area contributed by atoms with E-state index in [0.29, 0.717) is 117 Å². The highest BCUT2D eigenvalue weighted by Gasteiger charge is 2.36. The van der Waals surface area contributed by atoms with E-state index in [1.54, 1.807) is 27.4 Å². The first-order chi connectivity index (χ1) is 38.7. The smallest absolute Gasteiger partial charge is 0.281 e. The van der Waals surface area contributed by atoms with Crippen LogP contribution in [0.3, 0.4) is 0 Å². The Morgan fingerprint density at radius 3 is 2.31 bits per heavy atom.